The fourth-order valence-corrected chi connectivity index (χ4v) is 7.97. The van der Waals surface area contributed by atoms with Crippen molar-refractivity contribution in [2.45, 2.75) is 303 Å². The maximum absolute atomic E-state index is 12.8. The molecule has 0 amide bonds. The Labute approximate surface area is 373 Å². The van der Waals surface area contributed by atoms with Gasteiger partial charge in [-0.15, -0.1) is 0 Å². The van der Waals surface area contributed by atoms with E-state index in [0.717, 1.165) is 64.2 Å². The largest absolute Gasteiger partial charge is 0.462 e. The van der Waals surface area contributed by atoms with E-state index < -0.39 is 6.10 Å². The summed E-state index contributed by atoms with van der Waals surface area (Å²) in [7, 11) is 0. The molecule has 0 spiro atoms. The molecule has 1 atom stereocenters. The Kier molecular flexibility index (Phi) is 48.3. The molecule has 6 nitrogen and oxygen atoms in total. The van der Waals surface area contributed by atoms with E-state index in [1.165, 1.54) is 193 Å². The Balaban J connectivity index is 4.28. The zero-order valence-electron chi connectivity index (χ0n) is 40.5. The molecule has 0 bridgehead atoms. The maximum Gasteiger partial charge on any atom is 0.306 e. The lowest BCUT2D eigenvalue weighted by atomic mass is 10.0. The molecule has 0 aliphatic carbocycles. The van der Waals surface area contributed by atoms with Gasteiger partial charge in [0.05, 0.1) is 0 Å². The van der Waals surface area contributed by atoms with Crippen LogP contribution in [0.1, 0.15) is 297 Å². The van der Waals surface area contributed by atoms with Crippen LogP contribution in [0.5, 0.6) is 0 Å². The minimum Gasteiger partial charge on any atom is -0.462 e. The molecule has 60 heavy (non-hydrogen) atoms. The topological polar surface area (TPSA) is 78.9 Å². The zero-order valence-corrected chi connectivity index (χ0v) is 40.5. The molecule has 0 radical (unpaired) electrons. The van der Waals surface area contributed by atoms with Crippen LogP contribution in [-0.2, 0) is 28.6 Å². The molecule has 0 saturated heterocycles. The Hall–Kier alpha value is -1.85. The molecule has 0 aromatic carbocycles. The fraction of sp³-hybridized carbons (Fsp3) is 0.907. The Morgan fingerprint density at radius 2 is 0.550 bits per heavy atom. The van der Waals surface area contributed by atoms with Crippen LogP contribution in [0, 0.1) is 0 Å². The Morgan fingerprint density at radius 3 is 0.850 bits per heavy atom. The summed E-state index contributed by atoms with van der Waals surface area (Å²) in [6, 6.07) is 0. The summed E-state index contributed by atoms with van der Waals surface area (Å²) in [4.78, 5) is 37.9. The number of carbonyl (C=O) groups excluding carboxylic acids is 3. The van der Waals surface area contributed by atoms with Gasteiger partial charge in [-0.3, -0.25) is 14.4 Å². The van der Waals surface area contributed by atoms with E-state index in [1.807, 2.05) is 0 Å². The van der Waals surface area contributed by atoms with Gasteiger partial charge in [0.15, 0.2) is 6.10 Å². The molecular formula is C54H102O6. The van der Waals surface area contributed by atoms with Gasteiger partial charge in [0.1, 0.15) is 13.2 Å². The standard InChI is InChI=1S/C54H102O6/c1-4-7-10-13-16-19-22-24-25-26-27-28-30-32-35-38-41-44-47-53(56)59-50-51(49-58-52(55)46-43-40-37-34-31-21-18-15-12-9-6-3)60-54(57)48-45-42-39-36-33-29-23-20-17-14-11-8-5-2/h20,23,51H,4-19,21-22,24-50H2,1-3H3/b23-20-. The van der Waals surface area contributed by atoms with Crippen molar-refractivity contribution in [3.05, 3.63) is 12.2 Å². The maximum atomic E-state index is 12.8. The van der Waals surface area contributed by atoms with Gasteiger partial charge < -0.3 is 14.2 Å². The minimum absolute atomic E-state index is 0.0680. The number of unbranched alkanes of at least 4 members (excludes halogenated alkanes) is 36. The lowest BCUT2D eigenvalue weighted by molar-refractivity contribution is -0.167. The molecule has 0 aromatic rings. The molecular weight excluding hydrogens is 745 g/mol. The summed E-state index contributed by atoms with van der Waals surface area (Å²) in [5.41, 5.74) is 0. The quantitative estimate of drug-likeness (QED) is 0.0263. The van der Waals surface area contributed by atoms with Gasteiger partial charge in [0.2, 0.25) is 0 Å². The van der Waals surface area contributed by atoms with Crippen molar-refractivity contribution in [1.29, 1.82) is 0 Å². The second kappa shape index (κ2) is 49.8. The summed E-state index contributed by atoms with van der Waals surface area (Å²) < 4.78 is 16.8. The van der Waals surface area contributed by atoms with Crippen molar-refractivity contribution in [2.24, 2.45) is 0 Å². The summed E-state index contributed by atoms with van der Waals surface area (Å²) in [5.74, 6) is -0.860. The second-order valence-electron chi connectivity index (χ2n) is 18.2. The van der Waals surface area contributed by atoms with E-state index in [4.69, 9.17) is 14.2 Å². The van der Waals surface area contributed by atoms with Crippen molar-refractivity contribution < 1.29 is 28.6 Å². The fourth-order valence-electron chi connectivity index (χ4n) is 7.97. The molecule has 1 unspecified atom stereocenters. The number of hydrogen-bond donors (Lipinski definition) is 0. The summed E-state index contributed by atoms with van der Waals surface area (Å²) >= 11 is 0. The van der Waals surface area contributed by atoms with Crippen LogP contribution in [0.4, 0.5) is 0 Å². The third-order valence-electron chi connectivity index (χ3n) is 12.0. The van der Waals surface area contributed by atoms with E-state index in [-0.39, 0.29) is 31.1 Å². The van der Waals surface area contributed by atoms with Crippen LogP contribution in [0.2, 0.25) is 0 Å². The first-order valence-corrected chi connectivity index (χ1v) is 26.7. The minimum atomic E-state index is -0.767. The highest BCUT2D eigenvalue weighted by Crippen LogP contribution is 2.16. The molecule has 0 fully saturated rings. The van der Waals surface area contributed by atoms with Crippen LogP contribution in [0.25, 0.3) is 0 Å². The third kappa shape index (κ3) is 47.2. The molecule has 6 heteroatoms. The Bertz CT molecular complexity index is 931. The number of esters is 3. The van der Waals surface area contributed by atoms with E-state index in [1.54, 1.807) is 0 Å². The highest BCUT2D eigenvalue weighted by Gasteiger charge is 2.19. The Morgan fingerprint density at radius 1 is 0.317 bits per heavy atom. The summed E-state index contributed by atoms with van der Waals surface area (Å²) in [6.07, 6.45) is 54.8. The van der Waals surface area contributed by atoms with Crippen LogP contribution < -0.4 is 0 Å². The van der Waals surface area contributed by atoms with Gasteiger partial charge in [-0.1, -0.05) is 245 Å². The average molecular weight is 847 g/mol. The van der Waals surface area contributed by atoms with Gasteiger partial charge in [-0.2, -0.15) is 0 Å². The van der Waals surface area contributed by atoms with Crippen molar-refractivity contribution in [3.63, 3.8) is 0 Å². The first-order valence-electron chi connectivity index (χ1n) is 26.7. The van der Waals surface area contributed by atoms with Crippen LogP contribution in [0.3, 0.4) is 0 Å². The monoisotopic (exact) mass is 847 g/mol. The van der Waals surface area contributed by atoms with Crippen molar-refractivity contribution in [2.75, 3.05) is 13.2 Å². The number of carbonyl (C=O) groups is 3. The van der Waals surface area contributed by atoms with E-state index in [9.17, 15) is 14.4 Å². The highest BCUT2D eigenvalue weighted by molar-refractivity contribution is 5.71. The molecule has 354 valence electrons. The van der Waals surface area contributed by atoms with E-state index in [0.29, 0.717) is 19.3 Å². The molecule has 0 saturated carbocycles. The van der Waals surface area contributed by atoms with Gasteiger partial charge in [0.25, 0.3) is 0 Å². The van der Waals surface area contributed by atoms with Gasteiger partial charge >= 0.3 is 17.9 Å². The normalized spacial score (nSPS) is 12.0. The first-order chi connectivity index (χ1) is 29.5. The van der Waals surface area contributed by atoms with Crippen molar-refractivity contribution in [1.82, 2.24) is 0 Å². The zero-order chi connectivity index (χ0) is 43.7. The van der Waals surface area contributed by atoms with Gasteiger partial charge in [0, 0.05) is 19.3 Å². The second-order valence-corrected chi connectivity index (χ2v) is 18.2. The third-order valence-corrected chi connectivity index (χ3v) is 12.0. The summed E-state index contributed by atoms with van der Waals surface area (Å²) in [6.45, 7) is 6.65. The smallest absolute Gasteiger partial charge is 0.306 e. The van der Waals surface area contributed by atoms with Crippen LogP contribution in [0.15, 0.2) is 12.2 Å². The molecule has 0 N–H and O–H groups in total. The molecule has 0 heterocycles. The number of ether oxygens (including phenoxy) is 3. The van der Waals surface area contributed by atoms with Crippen molar-refractivity contribution >= 4 is 17.9 Å². The predicted octanol–water partition coefficient (Wildman–Crippen LogP) is 17.4. The lowest BCUT2D eigenvalue weighted by Gasteiger charge is -2.18. The van der Waals surface area contributed by atoms with E-state index in [2.05, 4.69) is 32.9 Å². The van der Waals surface area contributed by atoms with E-state index >= 15 is 0 Å². The van der Waals surface area contributed by atoms with Crippen LogP contribution in [-0.4, -0.2) is 37.2 Å². The molecule has 0 rings (SSSR count). The first kappa shape index (κ1) is 58.1. The SMILES string of the molecule is CCCCCC/C=C\CCCCCCCC(=O)OC(COC(=O)CCCCCCCCCCCCC)COC(=O)CCCCCCCCCCCCCCCCCCCC. The lowest BCUT2D eigenvalue weighted by Crippen LogP contribution is -2.30. The predicted molar refractivity (Wildman–Crippen MR) is 256 cm³/mol. The molecule has 0 aliphatic rings. The summed E-state index contributed by atoms with van der Waals surface area (Å²) in [5, 5.41) is 0. The number of rotatable bonds is 49. The number of hydrogen-bond acceptors (Lipinski definition) is 6. The van der Waals surface area contributed by atoms with Gasteiger partial charge in [-0.25, -0.2) is 0 Å². The van der Waals surface area contributed by atoms with Crippen molar-refractivity contribution in [3.8, 4) is 0 Å². The van der Waals surface area contributed by atoms with Gasteiger partial charge in [-0.05, 0) is 44.9 Å². The average Bonchev–Trinajstić information content (AvgIpc) is 3.24. The number of allylic oxidation sites excluding steroid dienone is 2. The van der Waals surface area contributed by atoms with Crippen LogP contribution >= 0.6 is 0 Å². The molecule has 0 aromatic heterocycles. The molecule has 0 aliphatic heterocycles. The highest BCUT2D eigenvalue weighted by atomic mass is 16.6.